The summed E-state index contributed by atoms with van der Waals surface area (Å²) in [5, 5.41) is 1.93. The maximum atomic E-state index is 12.4. The van der Waals surface area contributed by atoms with Gasteiger partial charge in [0.05, 0.1) is 16.4 Å². The highest BCUT2D eigenvalue weighted by molar-refractivity contribution is 7.86. The Morgan fingerprint density at radius 2 is 1.86 bits per heavy atom. The number of unbranched alkanes of at least 4 members (excludes halogenated alkanes) is 1. The van der Waals surface area contributed by atoms with Crippen molar-refractivity contribution in [3.63, 3.8) is 0 Å². The van der Waals surface area contributed by atoms with E-state index in [4.69, 9.17) is 4.18 Å². The first-order valence-electron chi connectivity index (χ1n) is 9.74. The van der Waals surface area contributed by atoms with Crippen molar-refractivity contribution in [3.8, 4) is 0 Å². The lowest BCUT2D eigenvalue weighted by Crippen LogP contribution is -2.38. The number of hydrogen-bond acceptors (Lipinski definition) is 5. The summed E-state index contributed by atoms with van der Waals surface area (Å²) in [6.07, 6.45) is 4.74. The molecule has 1 amide bonds. The Kier molecular flexibility index (Phi) is 7.26. The molecule has 152 valence electrons. The lowest BCUT2D eigenvalue weighted by Gasteiger charge is -2.31. The van der Waals surface area contributed by atoms with Crippen molar-refractivity contribution in [1.29, 1.82) is 0 Å². The molecule has 0 radical (unpaired) electrons. The molecule has 1 aliphatic heterocycles. The number of amides is 1. The Morgan fingerprint density at radius 1 is 1.14 bits per heavy atom. The van der Waals surface area contributed by atoms with E-state index in [9.17, 15) is 13.2 Å². The standard InChI is InChI=1S/C21H27NO4S2/c1-17-7-9-19(10-8-17)28(24,25)26-15-3-2-5-18-11-13-22(14-12-18)21(23)20-6-4-16-27-20/h4,6-10,16,18H,2-3,5,11-15H2,1H3. The number of rotatable bonds is 8. The summed E-state index contributed by atoms with van der Waals surface area (Å²) in [4.78, 5) is 15.3. The molecule has 0 N–H and O–H groups in total. The van der Waals surface area contributed by atoms with E-state index >= 15 is 0 Å². The Labute approximate surface area is 171 Å². The van der Waals surface area contributed by atoms with Gasteiger partial charge in [0.2, 0.25) is 0 Å². The van der Waals surface area contributed by atoms with Gasteiger partial charge in [-0.3, -0.25) is 8.98 Å². The van der Waals surface area contributed by atoms with Gasteiger partial charge in [-0.2, -0.15) is 8.42 Å². The Hall–Kier alpha value is -1.70. The predicted molar refractivity (Wildman–Crippen MR) is 111 cm³/mol. The molecule has 1 aromatic carbocycles. The fourth-order valence-electron chi connectivity index (χ4n) is 3.46. The summed E-state index contributed by atoms with van der Waals surface area (Å²) >= 11 is 1.49. The van der Waals surface area contributed by atoms with Crippen molar-refractivity contribution in [2.75, 3.05) is 19.7 Å². The molecule has 3 rings (SSSR count). The van der Waals surface area contributed by atoms with Crippen molar-refractivity contribution < 1.29 is 17.4 Å². The lowest BCUT2D eigenvalue weighted by atomic mass is 9.91. The molecule has 2 heterocycles. The number of nitrogens with zero attached hydrogens (tertiary/aromatic N) is 1. The Morgan fingerprint density at radius 3 is 2.50 bits per heavy atom. The molecular weight excluding hydrogens is 394 g/mol. The van der Waals surface area contributed by atoms with E-state index in [-0.39, 0.29) is 17.4 Å². The van der Waals surface area contributed by atoms with Gasteiger partial charge < -0.3 is 4.90 Å². The van der Waals surface area contributed by atoms with Crippen LogP contribution in [-0.2, 0) is 14.3 Å². The molecular formula is C21H27NO4S2. The van der Waals surface area contributed by atoms with Crippen LogP contribution in [0.4, 0.5) is 0 Å². The van der Waals surface area contributed by atoms with Crippen LogP contribution in [0.2, 0.25) is 0 Å². The van der Waals surface area contributed by atoms with Crippen LogP contribution in [0, 0.1) is 12.8 Å². The monoisotopic (exact) mass is 421 g/mol. The topological polar surface area (TPSA) is 63.7 Å². The average Bonchev–Trinajstić information content (AvgIpc) is 3.23. The molecule has 0 atom stereocenters. The smallest absolute Gasteiger partial charge is 0.296 e. The quantitative estimate of drug-likeness (QED) is 0.465. The molecule has 1 saturated heterocycles. The van der Waals surface area contributed by atoms with Gasteiger partial charge in [0.15, 0.2) is 0 Å². The summed E-state index contributed by atoms with van der Waals surface area (Å²) < 4.78 is 29.4. The van der Waals surface area contributed by atoms with Crippen LogP contribution >= 0.6 is 11.3 Å². The van der Waals surface area contributed by atoms with E-state index in [0.717, 1.165) is 55.6 Å². The minimum Gasteiger partial charge on any atom is -0.338 e. The van der Waals surface area contributed by atoms with Crippen LogP contribution in [-0.4, -0.2) is 38.9 Å². The Balaban J connectivity index is 1.33. The molecule has 7 heteroatoms. The van der Waals surface area contributed by atoms with Crippen molar-refractivity contribution in [2.45, 2.75) is 43.9 Å². The highest BCUT2D eigenvalue weighted by Crippen LogP contribution is 2.25. The minimum absolute atomic E-state index is 0.142. The molecule has 1 aromatic heterocycles. The van der Waals surface area contributed by atoms with Crippen LogP contribution in [0.3, 0.4) is 0 Å². The summed E-state index contributed by atoms with van der Waals surface area (Å²) in [5.41, 5.74) is 1.02. The van der Waals surface area contributed by atoms with Crippen LogP contribution in [0.25, 0.3) is 0 Å². The largest absolute Gasteiger partial charge is 0.338 e. The highest BCUT2D eigenvalue weighted by Gasteiger charge is 2.24. The molecule has 0 aliphatic carbocycles. The van der Waals surface area contributed by atoms with Crippen molar-refractivity contribution in [2.24, 2.45) is 5.92 Å². The predicted octanol–water partition coefficient (Wildman–Crippen LogP) is 4.48. The first-order valence-corrected chi connectivity index (χ1v) is 12.0. The van der Waals surface area contributed by atoms with Crippen molar-refractivity contribution >= 4 is 27.4 Å². The molecule has 1 fully saturated rings. The zero-order valence-electron chi connectivity index (χ0n) is 16.2. The Bertz CT molecular complexity index is 852. The van der Waals surface area contributed by atoms with Crippen molar-refractivity contribution in [1.82, 2.24) is 4.90 Å². The number of piperidine rings is 1. The number of thiophene rings is 1. The third-order valence-corrected chi connectivity index (χ3v) is 7.37. The number of benzene rings is 1. The minimum atomic E-state index is -3.66. The SMILES string of the molecule is Cc1ccc(S(=O)(=O)OCCCCC2CCN(C(=O)c3cccs3)CC2)cc1. The summed E-state index contributed by atoms with van der Waals surface area (Å²) in [7, 11) is -3.66. The van der Waals surface area contributed by atoms with E-state index in [0.29, 0.717) is 5.92 Å². The summed E-state index contributed by atoms with van der Waals surface area (Å²) in [6.45, 7) is 3.74. The summed E-state index contributed by atoms with van der Waals surface area (Å²) in [6, 6.07) is 10.5. The highest BCUT2D eigenvalue weighted by atomic mass is 32.2. The van der Waals surface area contributed by atoms with Gasteiger partial charge in [-0.25, -0.2) is 0 Å². The normalized spacial score (nSPS) is 15.7. The molecule has 1 aliphatic rings. The number of carbonyl (C=O) groups excluding carboxylic acids is 1. The first-order chi connectivity index (χ1) is 13.5. The zero-order valence-corrected chi connectivity index (χ0v) is 17.8. The van der Waals surface area contributed by atoms with E-state index < -0.39 is 10.1 Å². The van der Waals surface area contributed by atoms with Gasteiger partial charge >= 0.3 is 0 Å². The molecule has 0 unspecified atom stereocenters. The van der Waals surface area contributed by atoms with E-state index in [1.54, 1.807) is 24.3 Å². The average molecular weight is 422 g/mol. The summed E-state index contributed by atoms with van der Waals surface area (Å²) in [5.74, 6) is 0.740. The van der Waals surface area contributed by atoms with Gasteiger partial charge in [0, 0.05) is 13.1 Å². The number of hydrogen-bond donors (Lipinski definition) is 0. The maximum absolute atomic E-state index is 12.4. The van der Waals surface area contributed by atoms with Crippen LogP contribution in [0.1, 0.15) is 47.3 Å². The van der Waals surface area contributed by atoms with Crippen LogP contribution in [0.15, 0.2) is 46.7 Å². The van der Waals surface area contributed by atoms with E-state index in [1.165, 1.54) is 11.3 Å². The number of likely N-dealkylation sites (tertiary alicyclic amines) is 1. The molecule has 5 nitrogen and oxygen atoms in total. The second-order valence-electron chi connectivity index (χ2n) is 7.30. The second kappa shape index (κ2) is 9.67. The molecule has 0 saturated carbocycles. The molecule has 2 aromatic rings. The van der Waals surface area contributed by atoms with Gasteiger partial charge in [-0.05, 0) is 55.7 Å². The first kappa shape index (κ1) is 21.0. The lowest BCUT2D eigenvalue weighted by molar-refractivity contribution is 0.0690. The maximum Gasteiger partial charge on any atom is 0.296 e. The third kappa shape index (κ3) is 5.65. The second-order valence-corrected chi connectivity index (χ2v) is 9.86. The fourth-order valence-corrected chi connectivity index (χ4v) is 5.09. The van der Waals surface area contributed by atoms with Gasteiger partial charge in [0.1, 0.15) is 0 Å². The van der Waals surface area contributed by atoms with E-state index in [1.807, 2.05) is 29.3 Å². The molecule has 28 heavy (non-hydrogen) atoms. The fraction of sp³-hybridized carbons (Fsp3) is 0.476. The number of carbonyl (C=O) groups is 1. The molecule has 0 spiro atoms. The molecule has 0 bridgehead atoms. The van der Waals surface area contributed by atoms with Gasteiger partial charge in [0.25, 0.3) is 16.0 Å². The van der Waals surface area contributed by atoms with Gasteiger partial charge in [-0.15, -0.1) is 11.3 Å². The van der Waals surface area contributed by atoms with Crippen LogP contribution in [0.5, 0.6) is 0 Å². The van der Waals surface area contributed by atoms with E-state index in [2.05, 4.69) is 0 Å². The number of aryl methyl sites for hydroxylation is 1. The zero-order chi connectivity index (χ0) is 20.0. The third-order valence-electron chi connectivity index (χ3n) is 5.19. The van der Waals surface area contributed by atoms with Gasteiger partial charge in [-0.1, -0.05) is 36.6 Å². The van der Waals surface area contributed by atoms with Crippen LogP contribution < -0.4 is 0 Å². The van der Waals surface area contributed by atoms with Crippen molar-refractivity contribution in [3.05, 3.63) is 52.2 Å².